The molecule has 2 aromatic carbocycles. The Balaban J connectivity index is 1.66. The minimum Gasteiger partial charge on any atom is -0.329 e. The number of halogens is 7. The average molecular weight is 565 g/mol. The molecule has 7 nitrogen and oxygen atoms in total. The van der Waals surface area contributed by atoms with Crippen molar-refractivity contribution in [2.75, 3.05) is 16.4 Å². The summed E-state index contributed by atoms with van der Waals surface area (Å²) >= 11 is 0. The Labute approximate surface area is 211 Å². The fourth-order valence-corrected chi connectivity index (χ4v) is 5.44. The Kier molecular flexibility index (Phi) is 7.25. The molecule has 1 aliphatic rings. The molecule has 0 saturated carbocycles. The maximum Gasteiger partial charge on any atom is 0.471 e. The largest absolute Gasteiger partial charge is 0.471 e. The standard InChI is InChI=1S/C23H18F7N3O4S/c24-18-10-14(19-31-21(37-32-19)23(28,29)30)4-5-15(18)12-33(17-3-1-2-16(11-17)22(25,26)27)20(34)13-6-8-38(35,36)9-7-13/h1-5,10-11,13H,6-9,12H2. The Morgan fingerprint density at radius 3 is 2.26 bits per heavy atom. The third-order valence-electron chi connectivity index (χ3n) is 5.96. The molecule has 204 valence electrons. The van der Waals surface area contributed by atoms with Crippen LogP contribution in [0.5, 0.6) is 0 Å². The number of alkyl halides is 6. The second-order valence-electron chi connectivity index (χ2n) is 8.63. The highest BCUT2D eigenvalue weighted by atomic mass is 32.2. The highest BCUT2D eigenvalue weighted by molar-refractivity contribution is 7.91. The molecule has 1 fully saturated rings. The molecule has 0 aliphatic carbocycles. The topological polar surface area (TPSA) is 93.4 Å². The fraction of sp³-hybridized carbons (Fsp3) is 0.348. The number of hydrogen-bond acceptors (Lipinski definition) is 6. The van der Waals surface area contributed by atoms with Gasteiger partial charge in [-0.3, -0.25) is 4.79 Å². The summed E-state index contributed by atoms with van der Waals surface area (Å²) < 4.78 is 121. The second kappa shape index (κ2) is 10.0. The summed E-state index contributed by atoms with van der Waals surface area (Å²) in [7, 11) is -3.34. The van der Waals surface area contributed by atoms with Crippen LogP contribution in [0.3, 0.4) is 0 Å². The molecule has 0 atom stereocenters. The van der Waals surface area contributed by atoms with Gasteiger partial charge in [0.2, 0.25) is 11.7 Å². The highest BCUT2D eigenvalue weighted by Gasteiger charge is 2.39. The first-order valence-electron chi connectivity index (χ1n) is 11.0. The maximum absolute atomic E-state index is 15.0. The zero-order valence-corrected chi connectivity index (χ0v) is 20.0. The Hall–Kier alpha value is -3.49. The number of anilines is 1. The van der Waals surface area contributed by atoms with E-state index < -0.39 is 63.7 Å². The highest BCUT2D eigenvalue weighted by Crippen LogP contribution is 2.34. The second-order valence-corrected chi connectivity index (χ2v) is 10.9. The van der Waals surface area contributed by atoms with Crippen LogP contribution >= 0.6 is 0 Å². The Morgan fingerprint density at radius 1 is 1.00 bits per heavy atom. The van der Waals surface area contributed by atoms with Crippen LogP contribution in [-0.4, -0.2) is 36.0 Å². The van der Waals surface area contributed by atoms with Gasteiger partial charge < -0.3 is 9.42 Å². The van der Waals surface area contributed by atoms with Gasteiger partial charge in [-0.2, -0.15) is 31.3 Å². The van der Waals surface area contributed by atoms with Crippen molar-refractivity contribution in [3.63, 3.8) is 0 Å². The van der Waals surface area contributed by atoms with E-state index in [0.29, 0.717) is 0 Å². The number of hydrogen-bond donors (Lipinski definition) is 0. The molecule has 38 heavy (non-hydrogen) atoms. The molecular weight excluding hydrogens is 547 g/mol. The van der Waals surface area contributed by atoms with Gasteiger partial charge in [0.1, 0.15) is 15.7 Å². The van der Waals surface area contributed by atoms with Crippen molar-refractivity contribution in [3.05, 3.63) is 65.3 Å². The number of sulfone groups is 1. The average Bonchev–Trinajstić information content (AvgIpc) is 3.34. The molecule has 0 unspecified atom stereocenters. The van der Waals surface area contributed by atoms with Crippen LogP contribution < -0.4 is 4.90 Å². The first kappa shape index (κ1) is 27.5. The molecule has 0 spiro atoms. The van der Waals surface area contributed by atoms with Crippen LogP contribution in [0.1, 0.15) is 29.9 Å². The molecule has 0 radical (unpaired) electrons. The van der Waals surface area contributed by atoms with Crippen LogP contribution in [0, 0.1) is 11.7 Å². The normalized spacial score (nSPS) is 16.4. The maximum atomic E-state index is 15.0. The molecule has 1 aromatic heterocycles. The first-order valence-corrected chi connectivity index (χ1v) is 12.8. The van der Waals surface area contributed by atoms with Crippen molar-refractivity contribution in [2.24, 2.45) is 5.92 Å². The lowest BCUT2D eigenvalue weighted by Gasteiger charge is -2.30. The van der Waals surface area contributed by atoms with Crippen LogP contribution in [0.4, 0.5) is 36.4 Å². The fourth-order valence-electron chi connectivity index (χ4n) is 3.94. The number of carbonyl (C=O) groups is 1. The lowest BCUT2D eigenvalue weighted by molar-refractivity contribution is -0.159. The number of nitrogens with zero attached hydrogens (tertiary/aromatic N) is 3. The number of benzene rings is 2. The summed E-state index contributed by atoms with van der Waals surface area (Å²) in [5, 5.41) is 3.17. The van der Waals surface area contributed by atoms with Gasteiger partial charge in [0.15, 0.2) is 0 Å². The van der Waals surface area contributed by atoms with Crippen molar-refractivity contribution in [2.45, 2.75) is 31.7 Å². The third kappa shape index (κ3) is 6.14. The van der Waals surface area contributed by atoms with Gasteiger partial charge >= 0.3 is 18.2 Å². The van der Waals surface area contributed by atoms with E-state index in [0.717, 1.165) is 35.2 Å². The number of carbonyl (C=O) groups excluding carboxylic acids is 1. The summed E-state index contributed by atoms with van der Waals surface area (Å²) in [4.78, 5) is 17.5. The lowest BCUT2D eigenvalue weighted by Crippen LogP contribution is -2.39. The van der Waals surface area contributed by atoms with E-state index in [2.05, 4.69) is 14.7 Å². The van der Waals surface area contributed by atoms with Gasteiger partial charge in [-0.15, -0.1) is 0 Å². The van der Waals surface area contributed by atoms with Crippen LogP contribution in [0.15, 0.2) is 47.0 Å². The summed E-state index contributed by atoms with van der Waals surface area (Å²) in [6.07, 6.45) is -9.72. The van der Waals surface area contributed by atoms with E-state index in [1.807, 2.05) is 0 Å². The van der Waals surface area contributed by atoms with Crippen LogP contribution in [0.2, 0.25) is 0 Å². The molecule has 0 bridgehead atoms. The predicted molar refractivity (Wildman–Crippen MR) is 119 cm³/mol. The molecule has 0 N–H and O–H groups in total. The molecule has 4 rings (SSSR count). The van der Waals surface area contributed by atoms with E-state index in [9.17, 15) is 39.6 Å². The van der Waals surface area contributed by atoms with Gasteiger partial charge in [0, 0.05) is 22.7 Å². The molecule has 1 aliphatic heterocycles. The Morgan fingerprint density at radius 2 is 1.68 bits per heavy atom. The summed E-state index contributed by atoms with van der Waals surface area (Å²) in [5.74, 6) is -5.21. The third-order valence-corrected chi connectivity index (χ3v) is 7.68. The van der Waals surface area contributed by atoms with Crippen molar-refractivity contribution < 1.29 is 48.5 Å². The lowest BCUT2D eigenvalue weighted by atomic mass is 9.99. The smallest absolute Gasteiger partial charge is 0.329 e. The Bertz CT molecular complexity index is 1440. The number of amides is 1. The summed E-state index contributed by atoms with van der Waals surface area (Å²) in [6.45, 7) is -0.532. The zero-order valence-electron chi connectivity index (χ0n) is 19.2. The van der Waals surface area contributed by atoms with Gasteiger partial charge in [0.25, 0.3) is 0 Å². The predicted octanol–water partition coefficient (Wildman–Crippen LogP) is 5.27. The molecule has 3 aromatic rings. The van der Waals surface area contributed by atoms with Gasteiger partial charge in [0.05, 0.1) is 23.6 Å². The first-order chi connectivity index (χ1) is 17.6. The van der Waals surface area contributed by atoms with Crippen LogP contribution in [-0.2, 0) is 33.5 Å². The minimum absolute atomic E-state index is 0.0442. The monoisotopic (exact) mass is 565 g/mol. The number of aromatic nitrogens is 2. The quantitative estimate of drug-likeness (QED) is 0.392. The molecule has 1 saturated heterocycles. The van der Waals surface area contributed by atoms with E-state index in [-0.39, 0.29) is 41.2 Å². The molecule has 15 heteroatoms. The van der Waals surface area contributed by atoms with E-state index >= 15 is 4.39 Å². The van der Waals surface area contributed by atoms with E-state index in [4.69, 9.17) is 0 Å². The van der Waals surface area contributed by atoms with Crippen molar-refractivity contribution in [1.29, 1.82) is 0 Å². The molecule has 1 amide bonds. The van der Waals surface area contributed by atoms with Gasteiger partial charge in [-0.1, -0.05) is 23.4 Å². The van der Waals surface area contributed by atoms with E-state index in [1.165, 1.54) is 12.1 Å². The van der Waals surface area contributed by atoms with Gasteiger partial charge in [-0.25, -0.2) is 12.8 Å². The van der Waals surface area contributed by atoms with Crippen LogP contribution in [0.25, 0.3) is 11.4 Å². The molecular formula is C23H18F7N3O4S. The SMILES string of the molecule is O=C(C1CCS(=O)(=O)CC1)N(Cc1ccc(-c2noc(C(F)(F)F)n2)cc1F)c1cccc(C(F)(F)F)c1. The van der Waals surface area contributed by atoms with E-state index in [1.54, 1.807) is 0 Å². The zero-order chi connectivity index (χ0) is 27.9. The summed E-state index contributed by atoms with van der Waals surface area (Å²) in [5.41, 5.74) is -1.57. The van der Waals surface area contributed by atoms with Crippen molar-refractivity contribution in [3.8, 4) is 11.4 Å². The molecule has 2 heterocycles. The van der Waals surface area contributed by atoms with Crippen molar-refractivity contribution in [1.82, 2.24) is 10.1 Å². The minimum atomic E-state index is -4.91. The van der Waals surface area contributed by atoms with Crippen molar-refractivity contribution >= 4 is 21.4 Å². The number of rotatable bonds is 5. The van der Waals surface area contributed by atoms with Gasteiger partial charge in [-0.05, 0) is 37.1 Å². The summed E-state index contributed by atoms with van der Waals surface area (Å²) in [6, 6.07) is 6.95.